The van der Waals surface area contributed by atoms with E-state index in [2.05, 4.69) is 5.32 Å². The first-order valence-corrected chi connectivity index (χ1v) is 9.40. The van der Waals surface area contributed by atoms with Crippen molar-refractivity contribution in [1.29, 1.82) is 0 Å². The first-order valence-electron chi connectivity index (χ1n) is 8.04. The van der Waals surface area contributed by atoms with Crippen LogP contribution in [0.1, 0.15) is 26.7 Å². The van der Waals surface area contributed by atoms with Crippen LogP contribution in [0.4, 0.5) is 5.69 Å². The number of rotatable bonds is 4. The van der Waals surface area contributed by atoms with E-state index in [1.807, 2.05) is 6.92 Å². The summed E-state index contributed by atoms with van der Waals surface area (Å²) in [6.45, 7) is 3.46. The molecule has 1 aromatic rings. The third-order valence-corrected chi connectivity index (χ3v) is 6.35. The molecule has 134 valence electrons. The number of esters is 1. The highest BCUT2D eigenvalue weighted by atomic mass is 35.5. The highest BCUT2D eigenvalue weighted by Crippen LogP contribution is 2.47. The Morgan fingerprint density at radius 2 is 2.16 bits per heavy atom. The number of anilines is 1. The van der Waals surface area contributed by atoms with Crippen LogP contribution in [0.15, 0.2) is 24.3 Å². The largest absolute Gasteiger partial charge is 0.451 e. The molecule has 0 aliphatic carbocycles. The zero-order valence-corrected chi connectivity index (χ0v) is 15.5. The van der Waals surface area contributed by atoms with Gasteiger partial charge < -0.3 is 15.0 Å². The van der Waals surface area contributed by atoms with Crippen molar-refractivity contribution in [3.63, 3.8) is 0 Å². The highest BCUT2D eigenvalue weighted by Gasteiger charge is 2.53. The van der Waals surface area contributed by atoms with Crippen molar-refractivity contribution in [2.75, 3.05) is 11.1 Å². The Kier molecular flexibility index (Phi) is 4.97. The van der Waals surface area contributed by atoms with Crippen molar-refractivity contribution in [3.05, 3.63) is 29.3 Å². The van der Waals surface area contributed by atoms with Crippen LogP contribution in [0.5, 0.6) is 0 Å². The molecule has 2 aliphatic rings. The van der Waals surface area contributed by atoms with Crippen LogP contribution in [0.3, 0.4) is 0 Å². The normalized spacial score (nSPS) is 26.3. The number of carbonyl (C=O) groups excluding carboxylic acids is 3. The lowest BCUT2D eigenvalue weighted by molar-refractivity contribution is -0.160. The van der Waals surface area contributed by atoms with E-state index in [1.54, 1.807) is 40.9 Å². The quantitative estimate of drug-likeness (QED) is 0.810. The van der Waals surface area contributed by atoms with E-state index in [9.17, 15) is 14.4 Å². The number of para-hydroxylation sites is 1. The molecule has 3 atom stereocenters. The van der Waals surface area contributed by atoms with Crippen molar-refractivity contribution in [2.45, 2.75) is 43.7 Å². The summed E-state index contributed by atoms with van der Waals surface area (Å²) in [5.74, 6) is -0.571. The molecular formula is C17H19ClN2O4S. The van der Waals surface area contributed by atoms with Crippen LogP contribution in [-0.2, 0) is 19.1 Å². The third kappa shape index (κ3) is 3.48. The van der Waals surface area contributed by atoms with Gasteiger partial charge in [0.25, 0.3) is 5.91 Å². The van der Waals surface area contributed by atoms with E-state index in [0.29, 0.717) is 22.9 Å². The molecule has 0 unspecified atom stereocenters. The van der Waals surface area contributed by atoms with Crippen LogP contribution in [-0.4, -0.2) is 45.5 Å². The van der Waals surface area contributed by atoms with E-state index in [-0.39, 0.29) is 10.8 Å². The van der Waals surface area contributed by atoms with Gasteiger partial charge in [-0.25, -0.2) is 4.79 Å². The van der Waals surface area contributed by atoms with Gasteiger partial charge in [0.1, 0.15) is 6.04 Å². The Labute approximate surface area is 155 Å². The van der Waals surface area contributed by atoms with Crippen LogP contribution in [0, 0.1) is 0 Å². The lowest BCUT2D eigenvalue weighted by Gasteiger charge is -2.29. The lowest BCUT2D eigenvalue weighted by atomic mass is 10.2. The molecule has 1 aromatic carbocycles. The van der Waals surface area contributed by atoms with Crippen molar-refractivity contribution >= 4 is 46.8 Å². The lowest BCUT2D eigenvalue weighted by Crippen LogP contribution is -2.48. The number of nitrogens with zero attached hydrogens (tertiary/aromatic N) is 1. The van der Waals surface area contributed by atoms with Crippen molar-refractivity contribution in [3.8, 4) is 0 Å². The predicted octanol–water partition coefficient (Wildman–Crippen LogP) is 2.66. The summed E-state index contributed by atoms with van der Waals surface area (Å²) < 4.78 is 5.31. The summed E-state index contributed by atoms with van der Waals surface area (Å²) in [6.07, 6.45) is 0.178. The second-order valence-corrected chi connectivity index (χ2v) is 8.22. The molecule has 0 spiro atoms. The number of nitrogens with one attached hydrogen (secondary N) is 1. The summed E-state index contributed by atoms with van der Waals surface area (Å²) in [5, 5.41) is 3.04. The summed E-state index contributed by atoms with van der Waals surface area (Å²) in [4.78, 5) is 38.1. The van der Waals surface area contributed by atoms with Gasteiger partial charge in [0.05, 0.1) is 15.6 Å². The van der Waals surface area contributed by atoms with E-state index in [1.165, 1.54) is 6.92 Å². The first kappa shape index (κ1) is 18.1. The Balaban J connectivity index is 1.62. The van der Waals surface area contributed by atoms with E-state index >= 15 is 0 Å². The van der Waals surface area contributed by atoms with Crippen LogP contribution in [0.25, 0.3) is 0 Å². The van der Waals surface area contributed by atoms with E-state index < -0.39 is 24.0 Å². The molecule has 2 heterocycles. The van der Waals surface area contributed by atoms with Crippen LogP contribution in [0.2, 0.25) is 5.02 Å². The number of halogens is 1. The van der Waals surface area contributed by atoms with Crippen LogP contribution < -0.4 is 5.32 Å². The number of hydrogen-bond acceptors (Lipinski definition) is 5. The summed E-state index contributed by atoms with van der Waals surface area (Å²) in [5.41, 5.74) is 0.454. The first-order chi connectivity index (χ1) is 11.8. The zero-order valence-electron chi connectivity index (χ0n) is 14.0. The van der Waals surface area contributed by atoms with Gasteiger partial charge in [-0.3, -0.25) is 9.59 Å². The molecule has 8 heteroatoms. The molecular weight excluding hydrogens is 364 g/mol. The van der Waals surface area contributed by atoms with Gasteiger partial charge in [0, 0.05) is 12.2 Å². The number of fused-ring (bicyclic) bond motifs is 1. The SMILES string of the molecule is C[C@@H](OC(=O)[C@@H]1CS[C@@]2(C)CCC(=O)N12)C(=O)Nc1ccccc1Cl. The molecule has 1 N–H and O–H groups in total. The topological polar surface area (TPSA) is 75.7 Å². The monoisotopic (exact) mass is 382 g/mol. The molecule has 25 heavy (non-hydrogen) atoms. The maximum Gasteiger partial charge on any atom is 0.330 e. The molecule has 2 fully saturated rings. The molecule has 6 nitrogen and oxygen atoms in total. The molecule has 0 radical (unpaired) electrons. The Hall–Kier alpha value is -1.73. The minimum absolute atomic E-state index is 0.0392. The third-order valence-electron chi connectivity index (χ3n) is 4.51. The molecule has 0 bridgehead atoms. The van der Waals surface area contributed by atoms with Gasteiger partial charge in [-0.05, 0) is 32.4 Å². The van der Waals surface area contributed by atoms with Crippen molar-refractivity contribution < 1.29 is 19.1 Å². The average molecular weight is 383 g/mol. The Bertz CT molecular complexity index is 728. The fourth-order valence-electron chi connectivity index (χ4n) is 3.10. The molecule has 2 saturated heterocycles. The standard InChI is InChI=1S/C17H19ClN2O4S/c1-10(15(22)19-12-6-4-3-5-11(12)18)24-16(23)13-9-25-17(2)8-7-14(21)20(13)17/h3-6,10,13H,7-9H2,1-2H3,(H,19,22)/t10-,13+,17+/m1/s1. The number of amides is 2. The number of benzene rings is 1. The highest BCUT2D eigenvalue weighted by molar-refractivity contribution is 8.01. The number of carbonyl (C=O) groups is 3. The van der Waals surface area contributed by atoms with E-state index in [0.717, 1.165) is 6.42 Å². The van der Waals surface area contributed by atoms with E-state index in [4.69, 9.17) is 16.3 Å². The maximum atomic E-state index is 12.5. The van der Waals surface area contributed by atoms with Gasteiger partial charge in [-0.2, -0.15) is 0 Å². The Morgan fingerprint density at radius 3 is 2.88 bits per heavy atom. The second kappa shape index (κ2) is 6.88. The number of hydrogen-bond donors (Lipinski definition) is 1. The molecule has 2 amide bonds. The number of ether oxygens (including phenoxy) is 1. The van der Waals surface area contributed by atoms with Crippen molar-refractivity contribution in [1.82, 2.24) is 4.90 Å². The zero-order chi connectivity index (χ0) is 18.2. The minimum Gasteiger partial charge on any atom is -0.451 e. The molecule has 0 saturated carbocycles. The van der Waals surface area contributed by atoms with Gasteiger partial charge in [0.2, 0.25) is 5.91 Å². The summed E-state index contributed by atoms with van der Waals surface area (Å²) >= 11 is 7.59. The van der Waals surface area contributed by atoms with Gasteiger partial charge in [-0.1, -0.05) is 23.7 Å². The van der Waals surface area contributed by atoms with Crippen molar-refractivity contribution in [2.24, 2.45) is 0 Å². The smallest absolute Gasteiger partial charge is 0.330 e. The maximum absolute atomic E-state index is 12.5. The summed E-state index contributed by atoms with van der Waals surface area (Å²) in [6, 6.07) is 6.18. The number of thioether (sulfide) groups is 1. The van der Waals surface area contributed by atoms with Gasteiger partial charge in [-0.15, -0.1) is 11.8 Å². The molecule has 0 aromatic heterocycles. The fourth-order valence-corrected chi connectivity index (χ4v) is 4.70. The fraction of sp³-hybridized carbons (Fsp3) is 0.471. The minimum atomic E-state index is -0.988. The Morgan fingerprint density at radius 1 is 1.44 bits per heavy atom. The molecule has 3 rings (SSSR count). The average Bonchev–Trinajstić information content (AvgIpc) is 3.06. The van der Waals surface area contributed by atoms with Gasteiger partial charge >= 0.3 is 5.97 Å². The molecule has 2 aliphatic heterocycles. The second-order valence-electron chi connectivity index (χ2n) is 6.31. The summed E-state index contributed by atoms with van der Waals surface area (Å²) in [7, 11) is 0. The predicted molar refractivity (Wildman–Crippen MR) is 96.4 cm³/mol. The van der Waals surface area contributed by atoms with Crippen LogP contribution >= 0.6 is 23.4 Å². The van der Waals surface area contributed by atoms with Gasteiger partial charge in [0.15, 0.2) is 6.10 Å².